The number of benzene rings is 1. The van der Waals surface area contributed by atoms with Gasteiger partial charge in [-0.3, -0.25) is 14.2 Å². The zero-order valence-corrected chi connectivity index (χ0v) is 19.6. The molecule has 1 N–H and O–H groups in total. The van der Waals surface area contributed by atoms with Gasteiger partial charge in [0, 0.05) is 9.75 Å². The first-order valence-electron chi connectivity index (χ1n) is 10.3. The second-order valence-electron chi connectivity index (χ2n) is 7.36. The van der Waals surface area contributed by atoms with Crippen LogP contribution in [0.4, 0.5) is 0 Å². The van der Waals surface area contributed by atoms with Gasteiger partial charge in [0.25, 0.3) is 11.5 Å². The molecule has 0 bridgehead atoms. The number of carbonyl (C=O) groups excluding carboxylic acids is 1. The maximum absolute atomic E-state index is 13.6. The molecule has 0 spiro atoms. The molecule has 5 rings (SSSR count). The Morgan fingerprint density at radius 3 is 2.84 bits per heavy atom. The van der Waals surface area contributed by atoms with E-state index in [0.29, 0.717) is 5.16 Å². The summed E-state index contributed by atoms with van der Waals surface area (Å²) in [5, 5.41) is 7.21. The summed E-state index contributed by atoms with van der Waals surface area (Å²) in [6.07, 6.45) is 5.81. The molecule has 162 valence electrons. The number of thioether (sulfide) groups is 1. The van der Waals surface area contributed by atoms with Crippen molar-refractivity contribution in [1.82, 2.24) is 15.0 Å². The van der Waals surface area contributed by atoms with Gasteiger partial charge < -0.3 is 0 Å². The highest BCUT2D eigenvalue weighted by Crippen LogP contribution is 2.35. The van der Waals surface area contributed by atoms with Crippen LogP contribution in [-0.2, 0) is 17.6 Å². The van der Waals surface area contributed by atoms with E-state index >= 15 is 0 Å². The van der Waals surface area contributed by atoms with E-state index < -0.39 is 0 Å². The number of rotatable bonds is 6. The highest BCUT2D eigenvalue weighted by atomic mass is 32.2. The topological polar surface area (TPSA) is 76.3 Å². The van der Waals surface area contributed by atoms with E-state index in [0.717, 1.165) is 52.0 Å². The zero-order valence-electron chi connectivity index (χ0n) is 17.1. The van der Waals surface area contributed by atoms with Gasteiger partial charge in [0.15, 0.2) is 5.16 Å². The smallest absolute Gasteiger partial charge is 0.267 e. The molecule has 1 amide bonds. The van der Waals surface area contributed by atoms with Crippen molar-refractivity contribution in [3.05, 3.63) is 73.5 Å². The first kappa shape index (κ1) is 21.1. The van der Waals surface area contributed by atoms with Crippen molar-refractivity contribution >= 4 is 56.8 Å². The number of aromatic nitrogens is 2. The van der Waals surface area contributed by atoms with E-state index in [2.05, 4.69) is 10.5 Å². The van der Waals surface area contributed by atoms with Gasteiger partial charge in [0.1, 0.15) is 4.83 Å². The number of carbonyl (C=O) groups is 1. The largest absolute Gasteiger partial charge is 0.272 e. The minimum Gasteiger partial charge on any atom is -0.272 e. The first-order chi connectivity index (χ1) is 15.7. The Bertz CT molecular complexity index is 1340. The molecule has 0 saturated heterocycles. The van der Waals surface area contributed by atoms with Crippen LogP contribution < -0.4 is 11.0 Å². The molecule has 9 heteroatoms. The molecule has 3 heterocycles. The molecule has 0 aliphatic heterocycles. The molecule has 4 aromatic rings. The summed E-state index contributed by atoms with van der Waals surface area (Å²) in [5.41, 5.74) is 4.40. The Kier molecular flexibility index (Phi) is 6.20. The van der Waals surface area contributed by atoms with Gasteiger partial charge in [0.2, 0.25) is 0 Å². The van der Waals surface area contributed by atoms with Crippen LogP contribution in [0.2, 0.25) is 0 Å². The lowest BCUT2D eigenvalue weighted by Crippen LogP contribution is -2.24. The number of nitrogens with one attached hydrogen (secondary N) is 1. The van der Waals surface area contributed by atoms with Crippen LogP contribution in [0.3, 0.4) is 0 Å². The van der Waals surface area contributed by atoms with Gasteiger partial charge in [-0.05, 0) is 54.8 Å². The van der Waals surface area contributed by atoms with Gasteiger partial charge in [-0.15, -0.1) is 22.7 Å². The fourth-order valence-corrected chi connectivity index (χ4v) is 6.48. The van der Waals surface area contributed by atoms with Gasteiger partial charge in [0.05, 0.1) is 23.0 Å². The lowest BCUT2D eigenvalue weighted by molar-refractivity contribution is -0.118. The van der Waals surface area contributed by atoms with Gasteiger partial charge >= 0.3 is 0 Å². The summed E-state index contributed by atoms with van der Waals surface area (Å²) in [5.74, 6) is -0.139. The van der Waals surface area contributed by atoms with Crippen molar-refractivity contribution in [2.75, 3.05) is 5.75 Å². The maximum atomic E-state index is 13.6. The Morgan fingerprint density at radius 2 is 2.03 bits per heavy atom. The summed E-state index contributed by atoms with van der Waals surface area (Å²) in [4.78, 5) is 33.8. The summed E-state index contributed by atoms with van der Waals surface area (Å²) in [6, 6.07) is 13.3. The third kappa shape index (κ3) is 4.28. The Balaban J connectivity index is 1.46. The molecular weight excluding hydrogens is 460 g/mol. The number of thiophene rings is 2. The summed E-state index contributed by atoms with van der Waals surface area (Å²) >= 11 is 4.41. The number of hydrogen-bond acceptors (Lipinski definition) is 7. The quantitative estimate of drug-likeness (QED) is 0.189. The third-order valence-electron chi connectivity index (χ3n) is 5.23. The Morgan fingerprint density at radius 1 is 1.19 bits per heavy atom. The van der Waals surface area contributed by atoms with Crippen molar-refractivity contribution in [3.8, 4) is 5.69 Å². The molecule has 6 nitrogen and oxygen atoms in total. The normalized spacial score (nSPS) is 13.5. The van der Waals surface area contributed by atoms with Gasteiger partial charge in [-0.25, -0.2) is 10.4 Å². The van der Waals surface area contributed by atoms with E-state index in [1.54, 1.807) is 33.5 Å². The molecule has 0 fully saturated rings. The van der Waals surface area contributed by atoms with E-state index in [9.17, 15) is 9.59 Å². The monoisotopic (exact) mass is 480 g/mol. The molecule has 0 radical (unpaired) electrons. The van der Waals surface area contributed by atoms with Crippen molar-refractivity contribution in [2.24, 2.45) is 5.10 Å². The number of hydrazone groups is 1. The lowest BCUT2D eigenvalue weighted by atomic mass is 9.97. The van der Waals surface area contributed by atoms with E-state index in [4.69, 9.17) is 4.98 Å². The minimum atomic E-state index is -0.248. The second-order valence-corrected chi connectivity index (χ2v) is 10.4. The standard InChI is InChI=1S/C23H20N4O2S3/c28-19(26-24-13-16-9-6-12-30-16)14-31-23-25-21-20(17-10-4-5-11-18(17)32-21)22(29)27(23)15-7-2-1-3-8-15/h1-3,6-9,12-13H,4-5,10-11,14H2,(H,26,28)/b24-13+. The van der Waals surface area contributed by atoms with Crippen LogP contribution in [0.15, 0.2) is 62.9 Å². The molecule has 0 saturated carbocycles. The fraction of sp³-hybridized carbons (Fsp3) is 0.217. The van der Waals surface area contributed by atoms with Crippen LogP contribution >= 0.6 is 34.4 Å². The van der Waals surface area contributed by atoms with E-state index in [1.807, 2.05) is 47.8 Å². The number of amides is 1. The molecule has 1 aliphatic carbocycles. The van der Waals surface area contributed by atoms with Crippen molar-refractivity contribution in [2.45, 2.75) is 30.8 Å². The van der Waals surface area contributed by atoms with E-state index in [-0.39, 0.29) is 17.2 Å². The van der Waals surface area contributed by atoms with Crippen LogP contribution in [0.25, 0.3) is 15.9 Å². The average molecular weight is 481 g/mol. The van der Waals surface area contributed by atoms with Crippen LogP contribution in [0.5, 0.6) is 0 Å². The molecule has 0 unspecified atom stereocenters. The van der Waals surface area contributed by atoms with Gasteiger partial charge in [-0.1, -0.05) is 36.0 Å². The number of para-hydroxylation sites is 1. The molecular formula is C23H20N4O2S3. The first-order valence-corrected chi connectivity index (χ1v) is 13.0. The van der Waals surface area contributed by atoms with Crippen LogP contribution in [0, 0.1) is 0 Å². The number of hydrogen-bond donors (Lipinski definition) is 1. The zero-order chi connectivity index (χ0) is 21.9. The van der Waals surface area contributed by atoms with Crippen LogP contribution in [0.1, 0.15) is 28.2 Å². The molecule has 1 aromatic carbocycles. The van der Waals surface area contributed by atoms with Crippen LogP contribution in [-0.4, -0.2) is 27.4 Å². The Hall–Kier alpha value is -2.75. The SMILES string of the molecule is O=C(CSc1nc2sc3c(c2c(=O)n1-c1ccccc1)CCCC3)N/N=C/c1cccs1. The highest BCUT2D eigenvalue weighted by Gasteiger charge is 2.23. The molecule has 32 heavy (non-hydrogen) atoms. The summed E-state index contributed by atoms with van der Waals surface area (Å²) < 4.78 is 1.64. The molecule has 1 aliphatic rings. The predicted molar refractivity (Wildman–Crippen MR) is 133 cm³/mol. The highest BCUT2D eigenvalue weighted by molar-refractivity contribution is 7.99. The molecule has 3 aromatic heterocycles. The minimum absolute atomic E-state index is 0.0563. The van der Waals surface area contributed by atoms with E-state index in [1.165, 1.54) is 16.6 Å². The fourth-order valence-electron chi connectivity index (χ4n) is 3.78. The Labute approximate surface area is 197 Å². The summed E-state index contributed by atoms with van der Waals surface area (Å²) in [6.45, 7) is 0. The number of fused-ring (bicyclic) bond motifs is 3. The number of nitrogens with zero attached hydrogens (tertiary/aromatic N) is 3. The average Bonchev–Trinajstić information content (AvgIpc) is 3.46. The van der Waals surface area contributed by atoms with Crippen molar-refractivity contribution < 1.29 is 4.79 Å². The van der Waals surface area contributed by atoms with Crippen molar-refractivity contribution in [1.29, 1.82) is 0 Å². The second kappa shape index (κ2) is 9.40. The summed E-state index contributed by atoms with van der Waals surface area (Å²) in [7, 11) is 0. The maximum Gasteiger partial charge on any atom is 0.267 e. The lowest BCUT2D eigenvalue weighted by Gasteiger charge is -2.13. The van der Waals surface area contributed by atoms with Gasteiger partial charge in [-0.2, -0.15) is 5.10 Å². The van der Waals surface area contributed by atoms with Crippen molar-refractivity contribution in [3.63, 3.8) is 0 Å². The molecule has 0 atom stereocenters. The predicted octanol–water partition coefficient (Wildman–Crippen LogP) is 4.63. The third-order valence-corrected chi connectivity index (χ3v) is 8.16. The number of aryl methyl sites for hydroxylation is 2.